The number of carbonyl (C=O) groups is 2. The smallest absolute Gasteiger partial charge is 0.270 e. The van der Waals surface area contributed by atoms with E-state index in [1.54, 1.807) is 31.3 Å². The molecule has 136 valence electrons. The molecule has 27 heavy (non-hydrogen) atoms. The number of thiophene rings is 1. The minimum atomic E-state index is -0.439. The molecule has 0 spiro atoms. The third-order valence-electron chi connectivity index (χ3n) is 3.84. The summed E-state index contributed by atoms with van der Waals surface area (Å²) in [5.74, 6) is -1.11. The van der Waals surface area contributed by atoms with Crippen LogP contribution in [0.15, 0.2) is 47.4 Å². The van der Waals surface area contributed by atoms with Crippen LogP contribution in [0.1, 0.15) is 32.1 Å². The summed E-state index contributed by atoms with van der Waals surface area (Å²) in [5.41, 5.74) is 2.47. The number of nitrogens with zero attached hydrogens (tertiary/aromatic N) is 2. The Kier molecular flexibility index (Phi) is 5.92. The minimum absolute atomic E-state index is 0.0875. The van der Waals surface area contributed by atoms with Crippen molar-refractivity contribution in [2.24, 2.45) is 0 Å². The summed E-state index contributed by atoms with van der Waals surface area (Å²) >= 11 is 1.55. The van der Waals surface area contributed by atoms with Gasteiger partial charge in [-0.2, -0.15) is 11.3 Å². The van der Waals surface area contributed by atoms with E-state index in [1.165, 1.54) is 18.5 Å². The fourth-order valence-corrected chi connectivity index (χ4v) is 3.03. The van der Waals surface area contributed by atoms with Crippen LogP contribution < -0.4 is 16.1 Å². The van der Waals surface area contributed by atoms with Crippen molar-refractivity contribution >= 4 is 36.5 Å². The van der Waals surface area contributed by atoms with Gasteiger partial charge in [0.15, 0.2) is 0 Å². The van der Waals surface area contributed by atoms with Crippen LogP contribution in [0.2, 0.25) is 0 Å². The van der Waals surface area contributed by atoms with Crippen molar-refractivity contribution in [2.75, 3.05) is 0 Å². The molecule has 0 fully saturated rings. The predicted molar refractivity (Wildman–Crippen MR) is 103 cm³/mol. The first-order chi connectivity index (χ1) is 13.0. The largest absolute Gasteiger partial charge is 0.347 e. The fourth-order valence-electron chi connectivity index (χ4n) is 2.36. The first kappa shape index (κ1) is 18.7. The van der Waals surface area contributed by atoms with Crippen LogP contribution in [0.3, 0.4) is 0 Å². The minimum Gasteiger partial charge on any atom is -0.347 e. The van der Waals surface area contributed by atoms with E-state index in [-0.39, 0.29) is 29.7 Å². The van der Waals surface area contributed by atoms with E-state index in [1.807, 2.05) is 16.8 Å². The molecule has 2 heterocycles. The standard InChI is InChI=1S/C18H16BFN4O2S/c19-13-5-11(1-2-14(13)20)7-21-17(25)15-6-16(24-10-23-15)18(26)22-8-12-3-4-27-9-12/h1-6,9-10H,7-8,19H2,(H,21,25)(H,22,26). The van der Waals surface area contributed by atoms with Crippen LogP contribution in [0.25, 0.3) is 0 Å². The summed E-state index contributed by atoms with van der Waals surface area (Å²) in [6, 6.07) is 7.89. The summed E-state index contributed by atoms with van der Waals surface area (Å²) in [6.45, 7) is 0.613. The van der Waals surface area contributed by atoms with Crippen LogP contribution in [0.4, 0.5) is 4.39 Å². The Morgan fingerprint density at radius 1 is 1.00 bits per heavy atom. The molecule has 0 atom stereocenters. The molecule has 0 saturated carbocycles. The zero-order valence-corrected chi connectivity index (χ0v) is 15.3. The van der Waals surface area contributed by atoms with Crippen molar-refractivity contribution in [1.82, 2.24) is 20.6 Å². The Morgan fingerprint density at radius 2 is 1.67 bits per heavy atom. The average Bonchev–Trinajstić information content (AvgIpc) is 3.20. The zero-order chi connectivity index (χ0) is 19.2. The molecule has 0 aliphatic rings. The van der Waals surface area contributed by atoms with Gasteiger partial charge in [0.1, 0.15) is 31.4 Å². The number of halogens is 1. The van der Waals surface area contributed by atoms with Gasteiger partial charge in [-0.15, -0.1) is 0 Å². The fraction of sp³-hybridized carbons (Fsp3) is 0.111. The summed E-state index contributed by atoms with van der Waals surface area (Å²) in [4.78, 5) is 32.3. The molecule has 2 N–H and O–H groups in total. The van der Waals surface area contributed by atoms with Gasteiger partial charge in [-0.05, 0) is 34.0 Å². The van der Waals surface area contributed by atoms with E-state index >= 15 is 0 Å². The van der Waals surface area contributed by atoms with Gasteiger partial charge in [0.05, 0.1) is 0 Å². The number of aromatic nitrogens is 2. The van der Waals surface area contributed by atoms with Gasteiger partial charge in [0.2, 0.25) is 0 Å². The van der Waals surface area contributed by atoms with Gasteiger partial charge in [-0.25, -0.2) is 14.4 Å². The molecule has 0 aliphatic carbocycles. The van der Waals surface area contributed by atoms with E-state index in [0.29, 0.717) is 12.0 Å². The van der Waals surface area contributed by atoms with E-state index in [2.05, 4.69) is 20.6 Å². The van der Waals surface area contributed by atoms with Crippen molar-refractivity contribution in [3.8, 4) is 0 Å². The maximum atomic E-state index is 13.3. The number of hydrogen-bond acceptors (Lipinski definition) is 5. The van der Waals surface area contributed by atoms with Gasteiger partial charge >= 0.3 is 0 Å². The Morgan fingerprint density at radius 3 is 2.26 bits per heavy atom. The maximum absolute atomic E-state index is 13.3. The van der Waals surface area contributed by atoms with Crippen LogP contribution in [0.5, 0.6) is 0 Å². The lowest BCUT2D eigenvalue weighted by Crippen LogP contribution is -2.27. The number of benzene rings is 1. The van der Waals surface area contributed by atoms with E-state index in [4.69, 9.17) is 0 Å². The van der Waals surface area contributed by atoms with Gasteiger partial charge in [0.25, 0.3) is 11.8 Å². The molecule has 0 unspecified atom stereocenters. The number of amides is 2. The summed E-state index contributed by atoms with van der Waals surface area (Å²) < 4.78 is 13.3. The molecular formula is C18H16BFN4O2S. The lowest BCUT2D eigenvalue weighted by atomic mass is 9.93. The topological polar surface area (TPSA) is 84.0 Å². The number of hydrogen-bond donors (Lipinski definition) is 2. The Hall–Kier alpha value is -3.07. The molecule has 0 saturated heterocycles. The van der Waals surface area contributed by atoms with Crippen LogP contribution in [-0.4, -0.2) is 29.6 Å². The second-order valence-corrected chi connectivity index (χ2v) is 6.65. The Bertz CT molecular complexity index is 966. The molecule has 0 radical (unpaired) electrons. The maximum Gasteiger partial charge on any atom is 0.270 e. The molecule has 3 aromatic rings. The van der Waals surface area contributed by atoms with Crippen LogP contribution in [0, 0.1) is 5.82 Å². The van der Waals surface area contributed by atoms with Gasteiger partial charge in [0, 0.05) is 19.2 Å². The number of nitrogens with one attached hydrogen (secondary N) is 2. The third-order valence-corrected chi connectivity index (χ3v) is 4.57. The van der Waals surface area contributed by atoms with Gasteiger partial charge in [-0.1, -0.05) is 17.6 Å². The van der Waals surface area contributed by atoms with Crippen molar-refractivity contribution in [1.29, 1.82) is 0 Å². The van der Waals surface area contributed by atoms with Crippen molar-refractivity contribution in [3.05, 3.63) is 75.8 Å². The SMILES string of the molecule is Bc1cc(CNC(=O)c2cc(C(=O)NCc3ccsc3)ncn2)ccc1F. The zero-order valence-electron chi connectivity index (χ0n) is 14.5. The van der Waals surface area contributed by atoms with E-state index in [0.717, 1.165) is 11.1 Å². The van der Waals surface area contributed by atoms with Crippen LogP contribution in [-0.2, 0) is 13.1 Å². The third kappa shape index (κ3) is 4.98. The molecule has 0 aliphatic heterocycles. The van der Waals surface area contributed by atoms with Gasteiger partial charge in [-0.3, -0.25) is 9.59 Å². The highest BCUT2D eigenvalue weighted by molar-refractivity contribution is 7.07. The molecular weight excluding hydrogens is 366 g/mol. The Labute approximate surface area is 160 Å². The highest BCUT2D eigenvalue weighted by Gasteiger charge is 2.13. The Balaban J connectivity index is 1.60. The molecule has 0 bridgehead atoms. The predicted octanol–water partition coefficient (Wildman–Crippen LogP) is 0.796. The molecule has 9 heteroatoms. The summed E-state index contributed by atoms with van der Waals surface area (Å²) in [6.07, 6.45) is 1.18. The number of rotatable bonds is 6. The van der Waals surface area contributed by atoms with Crippen molar-refractivity contribution in [3.63, 3.8) is 0 Å². The average molecular weight is 382 g/mol. The molecule has 3 rings (SSSR count). The highest BCUT2D eigenvalue weighted by atomic mass is 32.1. The quantitative estimate of drug-likeness (QED) is 0.618. The molecule has 2 aromatic heterocycles. The number of carbonyl (C=O) groups excluding carboxylic acids is 2. The highest BCUT2D eigenvalue weighted by Crippen LogP contribution is 2.06. The summed E-state index contributed by atoms with van der Waals surface area (Å²) in [7, 11) is 1.66. The molecule has 2 amide bonds. The lowest BCUT2D eigenvalue weighted by molar-refractivity contribution is 0.0944. The van der Waals surface area contributed by atoms with E-state index < -0.39 is 5.91 Å². The van der Waals surface area contributed by atoms with Gasteiger partial charge < -0.3 is 10.6 Å². The van der Waals surface area contributed by atoms with Crippen molar-refractivity contribution < 1.29 is 14.0 Å². The second kappa shape index (κ2) is 8.55. The van der Waals surface area contributed by atoms with Crippen LogP contribution >= 0.6 is 11.3 Å². The summed E-state index contributed by atoms with van der Waals surface area (Å²) in [5, 5.41) is 9.32. The monoisotopic (exact) mass is 382 g/mol. The van der Waals surface area contributed by atoms with E-state index in [9.17, 15) is 14.0 Å². The first-order valence-corrected chi connectivity index (χ1v) is 9.12. The van der Waals surface area contributed by atoms with Crippen molar-refractivity contribution in [2.45, 2.75) is 13.1 Å². The first-order valence-electron chi connectivity index (χ1n) is 8.17. The normalized spacial score (nSPS) is 10.4. The molecule has 6 nitrogen and oxygen atoms in total. The molecule has 1 aromatic carbocycles. The second-order valence-electron chi connectivity index (χ2n) is 5.87. The lowest BCUT2D eigenvalue weighted by Gasteiger charge is -2.07.